The van der Waals surface area contributed by atoms with Crippen molar-refractivity contribution in [3.05, 3.63) is 0 Å². The minimum atomic E-state index is 0. The number of thioether (sulfide) groups is 1. The molecule has 4 nitrogen and oxygen atoms in total. The largest absolute Gasteiger partial charge is 0.356 e. The fourth-order valence-electron chi connectivity index (χ4n) is 3.58. The maximum Gasteiger partial charge on any atom is 0.193 e. The first-order valence-electron chi connectivity index (χ1n) is 9.43. The van der Waals surface area contributed by atoms with Crippen LogP contribution >= 0.6 is 35.7 Å². The van der Waals surface area contributed by atoms with Gasteiger partial charge in [0.1, 0.15) is 0 Å². The molecular weight excluding hydrogens is 431 g/mol. The Hall–Kier alpha value is 0.310. The van der Waals surface area contributed by atoms with Crippen LogP contribution in [0.5, 0.6) is 0 Å². The summed E-state index contributed by atoms with van der Waals surface area (Å²) in [7, 11) is 1.92. The number of guanidine groups is 1. The topological polar surface area (TPSA) is 30.9 Å². The van der Waals surface area contributed by atoms with E-state index in [0.717, 1.165) is 42.7 Å². The van der Waals surface area contributed by atoms with E-state index >= 15 is 0 Å². The zero-order chi connectivity index (χ0) is 16.7. The molecule has 2 rings (SSSR count). The van der Waals surface area contributed by atoms with Gasteiger partial charge in [0.2, 0.25) is 0 Å². The number of hydrogen-bond donors (Lipinski definition) is 1. The summed E-state index contributed by atoms with van der Waals surface area (Å²) in [6, 6.07) is 0. The Morgan fingerprint density at radius 3 is 2.54 bits per heavy atom. The molecule has 0 saturated carbocycles. The number of hydrogen-bond acceptors (Lipinski definition) is 3. The third-order valence-electron chi connectivity index (χ3n) is 5.34. The lowest BCUT2D eigenvalue weighted by Crippen LogP contribution is -2.49. The number of aliphatic imine (C=N–C) groups is 1. The molecule has 2 aliphatic heterocycles. The molecule has 0 aromatic heterocycles. The molecule has 0 bridgehead atoms. The average molecular weight is 468 g/mol. The third kappa shape index (κ3) is 6.90. The van der Waals surface area contributed by atoms with Crippen molar-refractivity contribution in [3.63, 3.8) is 0 Å². The predicted molar refractivity (Wildman–Crippen MR) is 119 cm³/mol. The summed E-state index contributed by atoms with van der Waals surface area (Å²) >= 11 is 2.12. The zero-order valence-corrected chi connectivity index (χ0v) is 19.1. The van der Waals surface area contributed by atoms with Crippen molar-refractivity contribution < 1.29 is 0 Å². The molecule has 1 N–H and O–H groups in total. The summed E-state index contributed by atoms with van der Waals surface area (Å²) in [5.74, 6) is 3.97. The first-order chi connectivity index (χ1) is 11.1. The first kappa shape index (κ1) is 22.4. The molecule has 142 valence electrons. The molecule has 0 aromatic carbocycles. The van der Waals surface area contributed by atoms with Crippen molar-refractivity contribution >= 4 is 41.7 Å². The molecule has 0 radical (unpaired) electrons. The number of piperidine rings is 1. The highest BCUT2D eigenvalue weighted by Gasteiger charge is 2.25. The Labute approximate surface area is 170 Å². The van der Waals surface area contributed by atoms with Crippen LogP contribution in [0, 0.1) is 11.8 Å². The SMILES string of the molecule is CCN1CCC(CCNC(=NC)N2CCSC(C(C)C)C2)CC1.I. The van der Waals surface area contributed by atoms with E-state index < -0.39 is 0 Å². The maximum absolute atomic E-state index is 4.53. The lowest BCUT2D eigenvalue weighted by atomic mass is 9.93. The van der Waals surface area contributed by atoms with Gasteiger partial charge >= 0.3 is 0 Å². The van der Waals surface area contributed by atoms with Gasteiger partial charge in [0.05, 0.1) is 0 Å². The fraction of sp³-hybridized carbons (Fsp3) is 0.944. The Balaban J connectivity index is 0.00000288. The van der Waals surface area contributed by atoms with Gasteiger partial charge in [-0.3, -0.25) is 4.99 Å². The average Bonchev–Trinajstić information content (AvgIpc) is 2.59. The van der Waals surface area contributed by atoms with Gasteiger partial charge in [-0.15, -0.1) is 24.0 Å². The standard InChI is InChI=1S/C18H36N4S.HI/c1-5-21-10-7-16(8-11-21)6-9-20-18(19-4)22-12-13-23-17(14-22)15(2)3;/h15-17H,5-14H2,1-4H3,(H,19,20);1H. The number of rotatable bonds is 5. The van der Waals surface area contributed by atoms with E-state index in [1.807, 2.05) is 7.05 Å². The molecule has 0 amide bonds. The van der Waals surface area contributed by atoms with E-state index in [2.05, 4.69) is 52.6 Å². The lowest BCUT2D eigenvalue weighted by Gasteiger charge is -2.36. The molecule has 0 aromatic rings. The monoisotopic (exact) mass is 468 g/mol. The first-order valence-corrected chi connectivity index (χ1v) is 10.5. The number of nitrogens with zero attached hydrogens (tertiary/aromatic N) is 3. The molecule has 0 spiro atoms. The van der Waals surface area contributed by atoms with Gasteiger partial charge in [-0.05, 0) is 50.7 Å². The van der Waals surface area contributed by atoms with Gasteiger partial charge in [-0.2, -0.15) is 11.8 Å². The smallest absolute Gasteiger partial charge is 0.193 e. The summed E-state index contributed by atoms with van der Waals surface area (Å²) < 4.78 is 0. The molecule has 2 aliphatic rings. The summed E-state index contributed by atoms with van der Waals surface area (Å²) in [6.07, 6.45) is 4.01. The molecule has 6 heteroatoms. The van der Waals surface area contributed by atoms with Gasteiger partial charge in [-0.25, -0.2) is 0 Å². The third-order valence-corrected chi connectivity index (χ3v) is 6.88. The van der Waals surface area contributed by atoms with Gasteiger partial charge in [0.15, 0.2) is 5.96 Å². The minimum Gasteiger partial charge on any atom is -0.356 e. The van der Waals surface area contributed by atoms with E-state index in [9.17, 15) is 0 Å². The summed E-state index contributed by atoms with van der Waals surface area (Å²) in [6.45, 7) is 14.1. The summed E-state index contributed by atoms with van der Waals surface area (Å²) in [5.41, 5.74) is 0. The van der Waals surface area contributed by atoms with E-state index in [1.165, 1.54) is 44.6 Å². The molecule has 1 unspecified atom stereocenters. The van der Waals surface area contributed by atoms with Crippen molar-refractivity contribution in [1.29, 1.82) is 0 Å². The van der Waals surface area contributed by atoms with Crippen LogP contribution in [0.25, 0.3) is 0 Å². The van der Waals surface area contributed by atoms with Crippen LogP contribution < -0.4 is 5.32 Å². The minimum absolute atomic E-state index is 0. The second-order valence-corrected chi connectivity index (χ2v) is 8.59. The Bertz CT molecular complexity index is 370. The van der Waals surface area contributed by atoms with Crippen molar-refractivity contribution in [1.82, 2.24) is 15.1 Å². The molecular formula is C18H37IN4S. The Morgan fingerprint density at radius 1 is 1.25 bits per heavy atom. The second kappa shape index (κ2) is 11.8. The number of nitrogens with one attached hydrogen (secondary N) is 1. The van der Waals surface area contributed by atoms with Crippen LogP contribution in [-0.4, -0.2) is 73.1 Å². The van der Waals surface area contributed by atoms with Crippen LogP contribution in [0.1, 0.15) is 40.0 Å². The maximum atomic E-state index is 4.53. The van der Waals surface area contributed by atoms with Crippen molar-refractivity contribution in [2.24, 2.45) is 16.8 Å². The van der Waals surface area contributed by atoms with Crippen molar-refractivity contribution in [2.45, 2.75) is 45.3 Å². The Kier molecular flexibility index (Phi) is 11.0. The van der Waals surface area contributed by atoms with Crippen molar-refractivity contribution in [2.75, 3.05) is 52.1 Å². The van der Waals surface area contributed by atoms with E-state index in [0.29, 0.717) is 0 Å². The summed E-state index contributed by atoms with van der Waals surface area (Å²) in [4.78, 5) is 9.56. The van der Waals surface area contributed by atoms with Gasteiger partial charge in [0, 0.05) is 37.7 Å². The highest BCUT2D eigenvalue weighted by atomic mass is 127. The molecule has 0 aliphatic carbocycles. The van der Waals surface area contributed by atoms with Crippen LogP contribution in [0.2, 0.25) is 0 Å². The van der Waals surface area contributed by atoms with E-state index in [1.54, 1.807) is 0 Å². The fourth-order valence-corrected chi connectivity index (χ4v) is 4.88. The van der Waals surface area contributed by atoms with E-state index in [-0.39, 0.29) is 24.0 Å². The van der Waals surface area contributed by atoms with Crippen molar-refractivity contribution in [3.8, 4) is 0 Å². The number of likely N-dealkylation sites (tertiary alicyclic amines) is 1. The molecule has 2 heterocycles. The highest BCUT2D eigenvalue weighted by molar-refractivity contribution is 14.0. The summed E-state index contributed by atoms with van der Waals surface area (Å²) in [5, 5.41) is 4.36. The van der Waals surface area contributed by atoms with E-state index in [4.69, 9.17) is 0 Å². The molecule has 2 fully saturated rings. The number of halogens is 1. The second-order valence-electron chi connectivity index (χ2n) is 7.24. The molecule has 1 atom stereocenters. The van der Waals surface area contributed by atoms with Gasteiger partial charge in [0.25, 0.3) is 0 Å². The van der Waals surface area contributed by atoms with Crippen LogP contribution in [0.15, 0.2) is 4.99 Å². The zero-order valence-electron chi connectivity index (χ0n) is 16.0. The lowest BCUT2D eigenvalue weighted by molar-refractivity contribution is 0.187. The van der Waals surface area contributed by atoms with Crippen LogP contribution in [0.3, 0.4) is 0 Å². The quantitative estimate of drug-likeness (QED) is 0.381. The Morgan fingerprint density at radius 2 is 1.96 bits per heavy atom. The normalized spacial score (nSPS) is 24.1. The van der Waals surface area contributed by atoms with Crippen LogP contribution in [-0.2, 0) is 0 Å². The van der Waals surface area contributed by atoms with Crippen LogP contribution in [0.4, 0.5) is 0 Å². The molecule has 24 heavy (non-hydrogen) atoms. The molecule has 2 saturated heterocycles. The van der Waals surface area contributed by atoms with Gasteiger partial charge < -0.3 is 15.1 Å². The highest BCUT2D eigenvalue weighted by Crippen LogP contribution is 2.25. The van der Waals surface area contributed by atoms with Gasteiger partial charge in [-0.1, -0.05) is 20.8 Å². The predicted octanol–water partition coefficient (Wildman–Crippen LogP) is 3.38.